The summed E-state index contributed by atoms with van der Waals surface area (Å²) in [6, 6.07) is 9.07. The zero-order valence-corrected chi connectivity index (χ0v) is 7.59. The van der Waals surface area contributed by atoms with E-state index < -0.39 is 12.4 Å². The first kappa shape index (κ1) is 10.8. The summed E-state index contributed by atoms with van der Waals surface area (Å²) < 4.78 is 4.85. The Balaban J connectivity index is 2.52. The molecular weight excluding hydrogens is 184 g/mol. The zero-order valence-electron chi connectivity index (χ0n) is 7.59. The Kier molecular flexibility index (Phi) is 3.76. The van der Waals surface area contributed by atoms with E-state index in [1.165, 1.54) is 0 Å². The van der Waals surface area contributed by atoms with Crippen molar-refractivity contribution >= 4 is 6.29 Å². The minimum atomic E-state index is -2.09. The number of rotatable bonds is 5. The van der Waals surface area contributed by atoms with Gasteiger partial charge in [-0.05, 0) is 5.56 Å². The van der Waals surface area contributed by atoms with Gasteiger partial charge in [-0.15, -0.1) is 0 Å². The fraction of sp³-hybridized carbons (Fsp3) is 0.300. The van der Waals surface area contributed by atoms with Crippen molar-refractivity contribution in [1.29, 1.82) is 0 Å². The molecule has 0 aliphatic heterocycles. The highest BCUT2D eigenvalue weighted by molar-refractivity contribution is 5.59. The molecule has 1 aromatic rings. The number of carbonyl (C=O) groups is 1. The van der Waals surface area contributed by atoms with Gasteiger partial charge < -0.3 is 14.9 Å². The van der Waals surface area contributed by atoms with Crippen LogP contribution in [-0.4, -0.2) is 28.9 Å². The minimum Gasteiger partial charge on any atom is -0.390 e. The van der Waals surface area contributed by atoms with Crippen LogP contribution in [-0.2, 0) is 16.1 Å². The molecule has 0 aromatic heterocycles. The molecule has 0 saturated heterocycles. The molecule has 76 valence electrons. The van der Waals surface area contributed by atoms with Gasteiger partial charge >= 0.3 is 0 Å². The molecule has 4 heteroatoms. The maximum absolute atomic E-state index is 10.3. The molecule has 0 heterocycles. The second-order valence-electron chi connectivity index (χ2n) is 2.90. The summed E-state index contributed by atoms with van der Waals surface area (Å²) in [4.78, 5) is 10.3. The average molecular weight is 196 g/mol. The summed E-state index contributed by atoms with van der Waals surface area (Å²) in [7, 11) is 0. The topological polar surface area (TPSA) is 66.8 Å². The Hall–Kier alpha value is -1.23. The third kappa shape index (κ3) is 2.92. The third-order valence-electron chi connectivity index (χ3n) is 1.74. The number of ether oxygens (including phenoxy) is 1. The molecule has 0 spiro atoms. The molecule has 0 aliphatic carbocycles. The highest BCUT2D eigenvalue weighted by atomic mass is 16.6. The summed E-state index contributed by atoms with van der Waals surface area (Å²) in [5, 5.41) is 17.9. The van der Waals surface area contributed by atoms with Crippen LogP contribution in [0.1, 0.15) is 5.56 Å². The zero-order chi connectivity index (χ0) is 10.4. The molecule has 1 atom stereocenters. The largest absolute Gasteiger partial charge is 0.390 e. The summed E-state index contributed by atoms with van der Waals surface area (Å²) in [6.45, 7) is -0.667. The summed E-state index contributed by atoms with van der Waals surface area (Å²) in [5.41, 5.74) is 0.821. The molecule has 1 aromatic carbocycles. The highest BCUT2D eigenvalue weighted by Gasteiger charge is 2.25. The fourth-order valence-corrected chi connectivity index (χ4v) is 0.899. The van der Waals surface area contributed by atoms with E-state index in [4.69, 9.17) is 9.84 Å². The van der Waals surface area contributed by atoms with E-state index >= 15 is 0 Å². The van der Waals surface area contributed by atoms with Crippen LogP contribution in [0.5, 0.6) is 0 Å². The van der Waals surface area contributed by atoms with Gasteiger partial charge in [-0.25, -0.2) is 0 Å². The van der Waals surface area contributed by atoms with E-state index in [9.17, 15) is 9.90 Å². The Bertz CT molecular complexity index is 285. The second kappa shape index (κ2) is 4.85. The van der Waals surface area contributed by atoms with Crippen molar-refractivity contribution in [1.82, 2.24) is 0 Å². The van der Waals surface area contributed by atoms with Crippen molar-refractivity contribution in [3.05, 3.63) is 35.9 Å². The van der Waals surface area contributed by atoms with Crippen LogP contribution in [0.3, 0.4) is 0 Å². The molecular formula is C10H12O4. The number of aliphatic hydroxyl groups excluding tert-OH is 1. The maximum atomic E-state index is 10.3. The van der Waals surface area contributed by atoms with Crippen molar-refractivity contribution in [2.24, 2.45) is 0 Å². The molecule has 0 bridgehead atoms. The van der Waals surface area contributed by atoms with Gasteiger partial charge in [0, 0.05) is 0 Å². The van der Waals surface area contributed by atoms with Crippen molar-refractivity contribution in [2.75, 3.05) is 6.61 Å². The number of carbonyl (C=O) groups excluding carboxylic acids is 1. The number of hydrogen-bond acceptors (Lipinski definition) is 4. The predicted molar refractivity (Wildman–Crippen MR) is 49.3 cm³/mol. The summed E-state index contributed by atoms with van der Waals surface area (Å²) in [5.74, 6) is -2.09. The van der Waals surface area contributed by atoms with Crippen LogP contribution in [0.25, 0.3) is 0 Å². The van der Waals surface area contributed by atoms with Crippen LogP contribution in [0.4, 0.5) is 0 Å². The summed E-state index contributed by atoms with van der Waals surface area (Å²) in [6.07, 6.45) is 0.177. The molecule has 2 N–H and O–H groups in total. The quantitative estimate of drug-likeness (QED) is 0.517. The molecule has 0 fully saturated rings. The van der Waals surface area contributed by atoms with Crippen molar-refractivity contribution in [3.63, 3.8) is 0 Å². The molecule has 1 rings (SSSR count). The van der Waals surface area contributed by atoms with Crippen LogP contribution in [0.2, 0.25) is 0 Å². The van der Waals surface area contributed by atoms with E-state index in [2.05, 4.69) is 0 Å². The Morgan fingerprint density at radius 2 is 2.00 bits per heavy atom. The standard InChI is InChI=1S/C10H12O4/c11-7-10(13,8-12)14-6-9-4-2-1-3-5-9/h1-5,7,12-13H,6,8H2. The van der Waals surface area contributed by atoms with Crippen LogP contribution >= 0.6 is 0 Å². The van der Waals surface area contributed by atoms with Gasteiger partial charge in [-0.2, -0.15) is 0 Å². The second-order valence-corrected chi connectivity index (χ2v) is 2.90. The first-order chi connectivity index (χ1) is 6.70. The van der Waals surface area contributed by atoms with Gasteiger partial charge in [0.05, 0.1) is 6.61 Å². The highest BCUT2D eigenvalue weighted by Crippen LogP contribution is 2.08. The molecule has 14 heavy (non-hydrogen) atoms. The van der Waals surface area contributed by atoms with E-state index in [1.807, 2.05) is 18.2 Å². The van der Waals surface area contributed by atoms with Gasteiger partial charge in [0.2, 0.25) is 5.79 Å². The minimum absolute atomic E-state index is 0.0800. The monoisotopic (exact) mass is 196 g/mol. The van der Waals surface area contributed by atoms with Crippen molar-refractivity contribution in [3.8, 4) is 0 Å². The van der Waals surface area contributed by atoms with E-state index in [0.717, 1.165) is 5.56 Å². The SMILES string of the molecule is O=CC(O)(CO)OCc1ccccc1. The predicted octanol–water partition coefficient (Wildman–Crippen LogP) is 0.0830. The van der Waals surface area contributed by atoms with Gasteiger partial charge in [-0.3, -0.25) is 4.79 Å². The van der Waals surface area contributed by atoms with Gasteiger partial charge in [0.15, 0.2) is 6.29 Å². The Labute approximate surface area is 81.8 Å². The van der Waals surface area contributed by atoms with Crippen molar-refractivity contribution < 1.29 is 19.7 Å². The Morgan fingerprint density at radius 1 is 1.36 bits per heavy atom. The lowest BCUT2D eigenvalue weighted by Gasteiger charge is -2.19. The van der Waals surface area contributed by atoms with E-state index in [-0.39, 0.29) is 12.9 Å². The molecule has 0 radical (unpaired) electrons. The molecule has 4 nitrogen and oxygen atoms in total. The average Bonchev–Trinajstić information content (AvgIpc) is 2.27. The van der Waals surface area contributed by atoms with Crippen molar-refractivity contribution in [2.45, 2.75) is 12.4 Å². The summed E-state index contributed by atoms with van der Waals surface area (Å²) >= 11 is 0. The lowest BCUT2D eigenvalue weighted by molar-refractivity contribution is -0.213. The van der Waals surface area contributed by atoms with Gasteiger partial charge in [-0.1, -0.05) is 30.3 Å². The number of aldehydes is 1. The number of benzene rings is 1. The van der Waals surface area contributed by atoms with Gasteiger partial charge in [0.1, 0.15) is 6.61 Å². The van der Waals surface area contributed by atoms with E-state index in [1.54, 1.807) is 12.1 Å². The first-order valence-electron chi connectivity index (χ1n) is 4.17. The lowest BCUT2D eigenvalue weighted by Crippen LogP contribution is -2.38. The molecule has 0 aliphatic rings. The molecule has 0 saturated carbocycles. The third-order valence-corrected chi connectivity index (χ3v) is 1.74. The normalized spacial score (nSPS) is 14.7. The number of hydrogen-bond donors (Lipinski definition) is 2. The smallest absolute Gasteiger partial charge is 0.247 e. The van der Waals surface area contributed by atoms with Crippen LogP contribution in [0, 0.1) is 0 Å². The first-order valence-corrected chi connectivity index (χ1v) is 4.17. The fourth-order valence-electron chi connectivity index (χ4n) is 0.899. The van der Waals surface area contributed by atoms with Crippen LogP contribution in [0.15, 0.2) is 30.3 Å². The lowest BCUT2D eigenvalue weighted by atomic mass is 10.2. The van der Waals surface area contributed by atoms with Gasteiger partial charge in [0.25, 0.3) is 0 Å². The van der Waals surface area contributed by atoms with E-state index in [0.29, 0.717) is 0 Å². The Morgan fingerprint density at radius 3 is 2.50 bits per heavy atom. The molecule has 0 amide bonds. The number of aliphatic hydroxyl groups is 2. The molecule has 1 unspecified atom stereocenters. The maximum Gasteiger partial charge on any atom is 0.247 e. The van der Waals surface area contributed by atoms with Crippen LogP contribution < -0.4 is 0 Å².